The number of rotatable bonds is 3. The van der Waals surface area contributed by atoms with E-state index >= 15 is 0 Å². The van der Waals surface area contributed by atoms with Crippen molar-refractivity contribution in [1.82, 2.24) is 5.43 Å². The van der Waals surface area contributed by atoms with Crippen LogP contribution in [0.3, 0.4) is 0 Å². The lowest BCUT2D eigenvalue weighted by Gasteiger charge is -2.24. The highest BCUT2D eigenvalue weighted by Crippen LogP contribution is 2.32. The van der Waals surface area contributed by atoms with E-state index in [0.29, 0.717) is 0 Å². The van der Waals surface area contributed by atoms with E-state index in [0.717, 1.165) is 10.9 Å². The van der Waals surface area contributed by atoms with Crippen molar-refractivity contribution < 1.29 is 0 Å². The zero-order chi connectivity index (χ0) is 13.7. The molecule has 1 unspecified atom stereocenters. The van der Waals surface area contributed by atoms with Crippen molar-refractivity contribution >= 4 is 15.9 Å². The number of hydrogen-bond donors (Lipinski definition) is 2. The van der Waals surface area contributed by atoms with Gasteiger partial charge in [0.2, 0.25) is 0 Å². The first kappa shape index (κ1) is 14.8. The van der Waals surface area contributed by atoms with Gasteiger partial charge in [-0.15, -0.1) is 0 Å². The van der Waals surface area contributed by atoms with Gasteiger partial charge in [0.15, 0.2) is 0 Å². The van der Waals surface area contributed by atoms with Crippen LogP contribution in [-0.2, 0) is 0 Å². The molecule has 0 aromatic heterocycles. The molecular weight excluding hydrogens is 300 g/mol. The Kier molecular flexibility index (Phi) is 5.61. The highest BCUT2D eigenvalue weighted by Gasteiger charge is 2.18. The van der Waals surface area contributed by atoms with Crippen molar-refractivity contribution in [3.8, 4) is 0 Å². The Morgan fingerprint density at radius 1 is 1.21 bits per heavy atom. The minimum atomic E-state index is 0.149. The van der Waals surface area contributed by atoms with Gasteiger partial charge < -0.3 is 0 Å². The molecule has 0 fully saturated rings. The molecule has 1 aromatic rings. The first-order valence-electron chi connectivity index (χ1n) is 7.14. The van der Waals surface area contributed by atoms with Gasteiger partial charge in [0, 0.05) is 4.47 Å². The van der Waals surface area contributed by atoms with Gasteiger partial charge in [-0.25, -0.2) is 5.43 Å². The minimum Gasteiger partial charge on any atom is -0.271 e. The summed E-state index contributed by atoms with van der Waals surface area (Å²) in [5.74, 6) is 5.84. The van der Waals surface area contributed by atoms with Crippen LogP contribution in [0, 0.1) is 6.92 Å². The molecule has 1 atom stereocenters. The molecule has 0 saturated carbocycles. The number of nitrogens with two attached hydrogens (primary N) is 1. The summed E-state index contributed by atoms with van der Waals surface area (Å²) in [7, 11) is 0. The Morgan fingerprint density at radius 2 is 2.00 bits per heavy atom. The van der Waals surface area contributed by atoms with Crippen LogP contribution < -0.4 is 11.3 Å². The molecule has 1 aliphatic carbocycles. The highest BCUT2D eigenvalue weighted by molar-refractivity contribution is 9.10. The number of hydrazine groups is 1. The van der Waals surface area contributed by atoms with Crippen LogP contribution in [0.4, 0.5) is 0 Å². The standard InChI is InChI=1S/C16H23BrN2/c1-12-14(10-7-11-15(12)17)16(19-18)13-8-5-3-2-4-6-9-13/h7-8,10-11,16,19H,2-6,9,18H2,1H3/b13-8+. The fourth-order valence-electron chi connectivity index (χ4n) is 2.81. The second-order valence-corrected chi connectivity index (χ2v) is 6.14. The summed E-state index contributed by atoms with van der Waals surface area (Å²) in [6.07, 6.45) is 10.0. The predicted octanol–water partition coefficient (Wildman–Crippen LogP) is 4.54. The number of allylic oxidation sites excluding steroid dienone is 1. The molecule has 19 heavy (non-hydrogen) atoms. The van der Waals surface area contributed by atoms with Crippen LogP contribution >= 0.6 is 15.9 Å². The number of nitrogens with one attached hydrogen (secondary N) is 1. The van der Waals surface area contributed by atoms with Crippen LogP contribution in [-0.4, -0.2) is 0 Å². The molecule has 2 rings (SSSR count). The lowest BCUT2D eigenvalue weighted by atomic mass is 9.89. The lowest BCUT2D eigenvalue weighted by Crippen LogP contribution is -2.30. The second kappa shape index (κ2) is 7.22. The van der Waals surface area contributed by atoms with Gasteiger partial charge in [-0.2, -0.15) is 0 Å². The van der Waals surface area contributed by atoms with Gasteiger partial charge in [0.1, 0.15) is 0 Å². The summed E-state index contributed by atoms with van der Waals surface area (Å²) in [5, 5.41) is 0. The Bertz CT molecular complexity index is 454. The first-order valence-corrected chi connectivity index (χ1v) is 7.93. The van der Waals surface area contributed by atoms with Crippen LogP contribution in [0.1, 0.15) is 55.7 Å². The van der Waals surface area contributed by atoms with E-state index in [2.05, 4.69) is 52.6 Å². The number of halogens is 1. The maximum absolute atomic E-state index is 5.84. The van der Waals surface area contributed by atoms with Gasteiger partial charge in [-0.05, 0) is 49.8 Å². The average Bonchev–Trinajstić information content (AvgIpc) is 2.37. The van der Waals surface area contributed by atoms with E-state index in [9.17, 15) is 0 Å². The molecule has 3 N–H and O–H groups in total. The van der Waals surface area contributed by atoms with Gasteiger partial charge in [-0.1, -0.05) is 52.6 Å². The Balaban J connectivity index is 2.30. The molecule has 0 aliphatic heterocycles. The molecule has 0 amide bonds. The second-order valence-electron chi connectivity index (χ2n) is 5.29. The summed E-state index contributed by atoms with van der Waals surface area (Å²) in [6, 6.07) is 6.49. The molecule has 0 saturated heterocycles. The van der Waals surface area contributed by atoms with E-state index in [1.54, 1.807) is 0 Å². The number of benzene rings is 1. The first-order chi connectivity index (χ1) is 9.24. The van der Waals surface area contributed by atoms with Crippen molar-refractivity contribution in [1.29, 1.82) is 0 Å². The predicted molar refractivity (Wildman–Crippen MR) is 84.7 cm³/mol. The van der Waals surface area contributed by atoms with Crippen molar-refractivity contribution in [3.05, 3.63) is 45.4 Å². The SMILES string of the molecule is Cc1c(Br)cccc1C(NN)/C1=C/CCCCCC1. The Labute approximate surface area is 124 Å². The molecule has 3 heteroatoms. The molecule has 1 aliphatic rings. The van der Waals surface area contributed by atoms with E-state index in [-0.39, 0.29) is 6.04 Å². The largest absolute Gasteiger partial charge is 0.271 e. The van der Waals surface area contributed by atoms with Crippen molar-refractivity contribution in [2.45, 2.75) is 51.5 Å². The van der Waals surface area contributed by atoms with E-state index in [1.807, 2.05) is 0 Å². The molecule has 0 heterocycles. The smallest absolute Gasteiger partial charge is 0.0673 e. The van der Waals surface area contributed by atoms with Gasteiger partial charge in [-0.3, -0.25) is 5.84 Å². The van der Waals surface area contributed by atoms with Crippen molar-refractivity contribution in [2.75, 3.05) is 0 Å². The summed E-state index contributed by atoms with van der Waals surface area (Å²) in [4.78, 5) is 0. The summed E-state index contributed by atoms with van der Waals surface area (Å²) < 4.78 is 1.15. The zero-order valence-electron chi connectivity index (χ0n) is 11.6. The van der Waals surface area contributed by atoms with Gasteiger partial charge >= 0.3 is 0 Å². The minimum absolute atomic E-state index is 0.149. The molecule has 0 radical (unpaired) electrons. The summed E-state index contributed by atoms with van der Waals surface area (Å²) in [6.45, 7) is 2.15. The average molecular weight is 323 g/mol. The summed E-state index contributed by atoms with van der Waals surface area (Å²) >= 11 is 3.61. The normalized spacial score (nSPS) is 21.1. The molecule has 104 valence electrons. The van der Waals surface area contributed by atoms with Crippen LogP contribution in [0.25, 0.3) is 0 Å². The van der Waals surface area contributed by atoms with Gasteiger partial charge in [0.25, 0.3) is 0 Å². The molecule has 2 nitrogen and oxygen atoms in total. The molecule has 0 bridgehead atoms. The summed E-state index contributed by atoms with van der Waals surface area (Å²) in [5.41, 5.74) is 7.02. The highest BCUT2D eigenvalue weighted by atomic mass is 79.9. The molecule has 0 spiro atoms. The van der Waals surface area contributed by atoms with Crippen LogP contribution in [0.15, 0.2) is 34.3 Å². The van der Waals surface area contributed by atoms with E-state index in [1.165, 1.54) is 48.8 Å². The van der Waals surface area contributed by atoms with E-state index < -0.39 is 0 Å². The third-order valence-corrected chi connectivity index (χ3v) is 4.84. The maximum atomic E-state index is 5.84. The number of hydrogen-bond acceptors (Lipinski definition) is 2. The molecular formula is C16H23BrN2. The lowest BCUT2D eigenvalue weighted by molar-refractivity contribution is 0.553. The molecule has 1 aromatic carbocycles. The third-order valence-electron chi connectivity index (χ3n) is 3.98. The van der Waals surface area contributed by atoms with Crippen LogP contribution in [0.2, 0.25) is 0 Å². The monoisotopic (exact) mass is 322 g/mol. The quantitative estimate of drug-likeness (QED) is 0.487. The van der Waals surface area contributed by atoms with Crippen molar-refractivity contribution in [3.63, 3.8) is 0 Å². The topological polar surface area (TPSA) is 38.0 Å². The maximum Gasteiger partial charge on any atom is 0.0673 e. The van der Waals surface area contributed by atoms with Crippen molar-refractivity contribution in [2.24, 2.45) is 5.84 Å². The fourth-order valence-corrected chi connectivity index (χ4v) is 3.19. The Hall–Kier alpha value is -0.640. The van der Waals surface area contributed by atoms with E-state index in [4.69, 9.17) is 5.84 Å². The third kappa shape index (κ3) is 3.68. The van der Waals surface area contributed by atoms with Crippen LogP contribution in [0.5, 0.6) is 0 Å². The van der Waals surface area contributed by atoms with Gasteiger partial charge in [0.05, 0.1) is 6.04 Å². The fraction of sp³-hybridized carbons (Fsp3) is 0.500. The Morgan fingerprint density at radius 3 is 2.79 bits per heavy atom. The zero-order valence-corrected chi connectivity index (χ0v) is 13.2.